The van der Waals surface area contributed by atoms with Gasteiger partial charge in [-0.1, -0.05) is 6.92 Å². The third-order valence-corrected chi connectivity index (χ3v) is 6.32. The van der Waals surface area contributed by atoms with Crippen LogP contribution >= 0.6 is 11.3 Å². The Morgan fingerprint density at radius 2 is 1.79 bits per heavy atom. The quantitative estimate of drug-likeness (QED) is 0.640. The number of aryl methyl sites for hydroxylation is 2. The van der Waals surface area contributed by atoms with Gasteiger partial charge in [0.2, 0.25) is 0 Å². The molecular formula is C18H22F3N7S. The second-order valence-corrected chi connectivity index (χ2v) is 8.12. The SMILES string of the molecule is CCc1nc(CN2CCN(c3nn4c(C(F)(F)F)nnc4c(C)c3C)CC2)cs1. The van der Waals surface area contributed by atoms with Crippen LogP contribution in [0.2, 0.25) is 0 Å². The van der Waals surface area contributed by atoms with Crippen molar-refractivity contribution in [3.8, 4) is 0 Å². The lowest BCUT2D eigenvalue weighted by Gasteiger charge is -2.35. The molecule has 4 rings (SSSR count). The Morgan fingerprint density at radius 1 is 1.07 bits per heavy atom. The molecule has 7 nitrogen and oxygen atoms in total. The fourth-order valence-electron chi connectivity index (χ4n) is 3.52. The second kappa shape index (κ2) is 7.52. The van der Waals surface area contributed by atoms with E-state index in [-0.39, 0.29) is 5.65 Å². The first-order valence-electron chi connectivity index (χ1n) is 9.48. The highest BCUT2D eigenvalue weighted by Crippen LogP contribution is 2.31. The first-order chi connectivity index (χ1) is 13.8. The van der Waals surface area contributed by atoms with Crippen LogP contribution in [0.1, 0.15) is 34.6 Å². The summed E-state index contributed by atoms with van der Waals surface area (Å²) in [7, 11) is 0. The van der Waals surface area contributed by atoms with Crippen LogP contribution in [0.4, 0.5) is 19.0 Å². The number of rotatable bonds is 4. The topological polar surface area (TPSA) is 62.5 Å². The van der Waals surface area contributed by atoms with E-state index in [0.717, 1.165) is 46.8 Å². The first kappa shape index (κ1) is 20.0. The molecule has 4 heterocycles. The lowest BCUT2D eigenvalue weighted by atomic mass is 10.1. The Bertz CT molecular complexity index is 1020. The summed E-state index contributed by atoms with van der Waals surface area (Å²) in [6.07, 6.45) is -3.66. The van der Waals surface area contributed by atoms with Gasteiger partial charge in [-0.15, -0.1) is 26.6 Å². The molecule has 1 fully saturated rings. The summed E-state index contributed by atoms with van der Waals surface area (Å²) in [5.74, 6) is -0.535. The van der Waals surface area contributed by atoms with Gasteiger partial charge in [-0.2, -0.15) is 17.7 Å². The van der Waals surface area contributed by atoms with Gasteiger partial charge in [-0.25, -0.2) is 4.98 Å². The van der Waals surface area contributed by atoms with Gasteiger partial charge in [-0.05, 0) is 20.3 Å². The maximum atomic E-state index is 13.3. The molecule has 156 valence electrons. The van der Waals surface area contributed by atoms with Gasteiger partial charge in [0.1, 0.15) is 0 Å². The van der Waals surface area contributed by atoms with Crippen LogP contribution in [0, 0.1) is 13.8 Å². The zero-order valence-electron chi connectivity index (χ0n) is 16.5. The number of anilines is 1. The van der Waals surface area contributed by atoms with Crippen LogP contribution in [0.5, 0.6) is 0 Å². The van der Waals surface area contributed by atoms with E-state index < -0.39 is 12.0 Å². The van der Waals surface area contributed by atoms with Crippen LogP contribution in [-0.2, 0) is 19.1 Å². The molecule has 1 saturated heterocycles. The number of aromatic nitrogens is 5. The molecule has 0 radical (unpaired) electrons. The van der Waals surface area contributed by atoms with E-state index in [2.05, 4.69) is 37.5 Å². The highest BCUT2D eigenvalue weighted by molar-refractivity contribution is 7.09. The molecule has 0 atom stereocenters. The van der Waals surface area contributed by atoms with Crippen molar-refractivity contribution in [3.05, 3.63) is 33.0 Å². The second-order valence-electron chi connectivity index (χ2n) is 7.18. The summed E-state index contributed by atoms with van der Waals surface area (Å²) >= 11 is 1.68. The summed E-state index contributed by atoms with van der Waals surface area (Å²) in [5, 5.41) is 14.5. The zero-order valence-corrected chi connectivity index (χ0v) is 17.3. The third-order valence-electron chi connectivity index (χ3n) is 5.28. The number of halogens is 3. The summed E-state index contributed by atoms with van der Waals surface area (Å²) in [4.78, 5) is 8.96. The Hall–Kier alpha value is -2.27. The van der Waals surface area contributed by atoms with Crippen LogP contribution in [-0.4, -0.2) is 55.9 Å². The van der Waals surface area contributed by atoms with E-state index in [1.807, 2.05) is 11.8 Å². The van der Waals surface area contributed by atoms with Gasteiger partial charge < -0.3 is 4.90 Å². The fraction of sp³-hybridized carbons (Fsp3) is 0.556. The molecule has 29 heavy (non-hydrogen) atoms. The summed E-state index contributed by atoms with van der Waals surface area (Å²) in [5.41, 5.74) is 2.72. The van der Waals surface area contributed by atoms with Crippen molar-refractivity contribution in [2.24, 2.45) is 0 Å². The zero-order chi connectivity index (χ0) is 20.8. The molecule has 0 bridgehead atoms. The van der Waals surface area contributed by atoms with Crippen molar-refractivity contribution in [2.75, 3.05) is 31.1 Å². The molecule has 0 N–H and O–H groups in total. The minimum Gasteiger partial charge on any atom is -0.352 e. The van der Waals surface area contributed by atoms with Crippen molar-refractivity contribution in [1.82, 2.24) is 29.7 Å². The number of alkyl halides is 3. The third kappa shape index (κ3) is 3.80. The molecular weight excluding hydrogens is 403 g/mol. The highest BCUT2D eigenvalue weighted by Gasteiger charge is 2.38. The molecule has 0 spiro atoms. The van der Waals surface area contributed by atoms with Gasteiger partial charge in [0.25, 0.3) is 5.82 Å². The van der Waals surface area contributed by atoms with Crippen molar-refractivity contribution in [3.63, 3.8) is 0 Å². The van der Waals surface area contributed by atoms with Gasteiger partial charge in [0, 0.05) is 49.2 Å². The summed E-state index contributed by atoms with van der Waals surface area (Å²) < 4.78 is 40.6. The van der Waals surface area contributed by atoms with Crippen LogP contribution in [0.15, 0.2) is 5.38 Å². The Balaban J connectivity index is 1.54. The van der Waals surface area contributed by atoms with Crippen LogP contribution < -0.4 is 4.90 Å². The number of piperazine rings is 1. The first-order valence-corrected chi connectivity index (χ1v) is 10.4. The summed E-state index contributed by atoms with van der Waals surface area (Å²) in [6.45, 7) is 9.48. The molecule has 1 aliphatic rings. The molecule has 11 heteroatoms. The predicted molar refractivity (Wildman–Crippen MR) is 104 cm³/mol. The standard InChI is InChI=1S/C18H22F3N7S/c1-4-14-22-13(10-29-14)9-26-5-7-27(8-6-26)16-12(3)11(2)15-23-24-17(18(19,20)21)28(15)25-16/h10H,4-9H2,1-3H3. The van der Waals surface area contributed by atoms with E-state index in [0.29, 0.717) is 24.5 Å². The van der Waals surface area contributed by atoms with E-state index in [9.17, 15) is 13.2 Å². The maximum Gasteiger partial charge on any atom is 0.453 e. The Kier molecular flexibility index (Phi) is 5.19. The Labute approximate surface area is 170 Å². The van der Waals surface area contributed by atoms with Gasteiger partial charge in [0.05, 0.1) is 10.7 Å². The van der Waals surface area contributed by atoms with Crippen LogP contribution in [0.3, 0.4) is 0 Å². The number of thiazole rings is 1. The van der Waals surface area contributed by atoms with E-state index in [1.165, 1.54) is 0 Å². The number of hydrogen-bond donors (Lipinski definition) is 0. The van der Waals surface area contributed by atoms with Gasteiger partial charge >= 0.3 is 6.18 Å². The molecule has 3 aromatic heterocycles. The normalized spacial score (nSPS) is 16.1. The van der Waals surface area contributed by atoms with E-state index >= 15 is 0 Å². The smallest absolute Gasteiger partial charge is 0.352 e. The van der Waals surface area contributed by atoms with Gasteiger partial charge in [0.15, 0.2) is 11.5 Å². The number of hydrogen-bond acceptors (Lipinski definition) is 7. The molecule has 3 aromatic rings. The van der Waals surface area contributed by atoms with Gasteiger partial charge in [-0.3, -0.25) is 4.90 Å². The molecule has 0 unspecified atom stereocenters. The molecule has 0 aromatic carbocycles. The van der Waals surface area contributed by atoms with Crippen molar-refractivity contribution >= 4 is 22.8 Å². The van der Waals surface area contributed by atoms with Crippen LogP contribution in [0.25, 0.3) is 5.65 Å². The Morgan fingerprint density at radius 3 is 2.41 bits per heavy atom. The van der Waals surface area contributed by atoms with E-state index in [4.69, 9.17) is 0 Å². The molecule has 0 saturated carbocycles. The average molecular weight is 425 g/mol. The maximum absolute atomic E-state index is 13.3. The minimum atomic E-state index is -4.60. The van der Waals surface area contributed by atoms with Crippen molar-refractivity contribution < 1.29 is 13.2 Å². The van der Waals surface area contributed by atoms with Crippen molar-refractivity contribution in [1.29, 1.82) is 0 Å². The van der Waals surface area contributed by atoms with Crippen molar-refractivity contribution in [2.45, 2.75) is 39.9 Å². The predicted octanol–water partition coefficient (Wildman–Crippen LogP) is 3.10. The molecule has 0 aliphatic carbocycles. The lowest BCUT2D eigenvalue weighted by molar-refractivity contribution is -0.146. The average Bonchev–Trinajstić information content (AvgIpc) is 3.32. The number of fused-ring (bicyclic) bond motifs is 1. The lowest BCUT2D eigenvalue weighted by Crippen LogP contribution is -2.46. The number of nitrogens with zero attached hydrogens (tertiary/aromatic N) is 7. The minimum absolute atomic E-state index is 0.146. The van der Waals surface area contributed by atoms with E-state index in [1.54, 1.807) is 18.3 Å². The molecule has 1 aliphatic heterocycles. The fourth-order valence-corrected chi connectivity index (χ4v) is 4.26. The summed E-state index contributed by atoms with van der Waals surface area (Å²) in [6, 6.07) is 0. The monoisotopic (exact) mass is 425 g/mol. The molecule has 0 amide bonds. The highest BCUT2D eigenvalue weighted by atomic mass is 32.1. The largest absolute Gasteiger partial charge is 0.453 e.